The molecule has 0 spiro atoms. The number of carbonyl (C=O) groups is 1. The Kier molecular flexibility index (Phi) is 4.76. The highest BCUT2D eigenvalue weighted by molar-refractivity contribution is 5.99. The van der Waals surface area contributed by atoms with E-state index in [0.29, 0.717) is 11.6 Å². The molecule has 0 aromatic heterocycles. The number of Topliss-reactive ketones (excluding diaryl/α,β-unsaturated/α-hetero) is 1. The molecule has 0 saturated carbocycles. The van der Waals surface area contributed by atoms with Gasteiger partial charge in [0.25, 0.3) is 0 Å². The third-order valence-corrected chi connectivity index (χ3v) is 4.14. The predicted octanol–water partition coefficient (Wildman–Crippen LogP) is 2.95. The van der Waals surface area contributed by atoms with Crippen molar-refractivity contribution in [2.75, 3.05) is 31.6 Å². The number of benzene rings is 1. The topological polar surface area (TPSA) is 23.6 Å². The van der Waals surface area contributed by atoms with Crippen molar-refractivity contribution in [1.29, 1.82) is 0 Å². The van der Waals surface area contributed by atoms with Crippen LogP contribution in [0.2, 0.25) is 0 Å². The second-order valence-corrected chi connectivity index (χ2v) is 5.52. The van der Waals surface area contributed by atoms with Crippen LogP contribution in [0.15, 0.2) is 18.2 Å². The predicted molar refractivity (Wildman–Crippen MR) is 79.9 cm³/mol. The zero-order valence-electron chi connectivity index (χ0n) is 12.5. The van der Waals surface area contributed by atoms with Crippen LogP contribution < -0.4 is 4.90 Å². The summed E-state index contributed by atoms with van der Waals surface area (Å²) in [5, 5.41) is 0. The van der Waals surface area contributed by atoms with Crippen molar-refractivity contribution in [1.82, 2.24) is 4.90 Å². The lowest BCUT2D eigenvalue weighted by atomic mass is 10.1. The van der Waals surface area contributed by atoms with E-state index in [9.17, 15) is 9.18 Å². The van der Waals surface area contributed by atoms with Crippen LogP contribution in [0.5, 0.6) is 0 Å². The maximum atomic E-state index is 13.3. The molecule has 110 valence electrons. The van der Waals surface area contributed by atoms with Gasteiger partial charge in [0.15, 0.2) is 5.78 Å². The standard InChI is InChI=1S/C16H23FN2O/c1-4-19-9-5-6-14(19)11-18(3)16-8-7-13(17)10-15(16)12(2)20/h7-8,10,14H,4-6,9,11H2,1-3H3. The molecule has 1 saturated heterocycles. The second-order valence-electron chi connectivity index (χ2n) is 5.52. The van der Waals surface area contributed by atoms with Gasteiger partial charge in [0.05, 0.1) is 0 Å². The first-order chi connectivity index (χ1) is 9.52. The summed E-state index contributed by atoms with van der Waals surface area (Å²) in [5.41, 5.74) is 1.29. The van der Waals surface area contributed by atoms with Crippen molar-refractivity contribution < 1.29 is 9.18 Å². The highest BCUT2D eigenvalue weighted by Gasteiger charge is 2.25. The lowest BCUT2D eigenvalue weighted by molar-refractivity contribution is 0.101. The Balaban J connectivity index is 2.16. The number of hydrogen-bond acceptors (Lipinski definition) is 3. The molecule has 3 nitrogen and oxygen atoms in total. The molecule has 1 aromatic carbocycles. The molecule has 1 atom stereocenters. The number of nitrogens with zero attached hydrogens (tertiary/aromatic N) is 2. The first-order valence-corrected chi connectivity index (χ1v) is 7.28. The fourth-order valence-electron chi connectivity index (χ4n) is 3.06. The molecule has 4 heteroatoms. The molecule has 0 amide bonds. The van der Waals surface area contributed by atoms with Gasteiger partial charge in [-0.2, -0.15) is 0 Å². The Bertz CT molecular complexity index is 489. The molecule has 0 bridgehead atoms. The minimum absolute atomic E-state index is 0.0925. The summed E-state index contributed by atoms with van der Waals surface area (Å²) in [6.45, 7) is 6.75. The van der Waals surface area contributed by atoms with E-state index < -0.39 is 0 Å². The summed E-state index contributed by atoms with van der Waals surface area (Å²) in [5.74, 6) is -0.450. The number of anilines is 1. The molecular weight excluding hydrogens is 255 g/mol. The Morgan fingerprint density at radius 3 is 2.90 bits per heavy atom. The summed E-state index contributed by atoms with van der Waals surface area (Å²) in [7, 11) is 1.98. The van der Waals surface area contributed by atoms with Gasteiger partial charge in [-0.15, -0.1) is 0 Å². The third kappa shape index (κ3) is 3.18. The number of carbonyl (C=O) groups excluding carboxylic acids is 1. The van der Waals surface area contributed by atoms with Crippen LogP contribution in [0.3, 0.4) is 0 Å². The van der Waals surface area contributed by atoms with Crippen molar-refractivity contribution in [2.45, 2.75) is 32.7 Å². The van der Waals surface area contributed by atoms with E-state index in [-0.39, 0.29) is 11.6 Å². The first-order valence-electron chi connectivity index (χ1n) is 7.28. The number of hydrogen-bond donors (Lipinski definition) is 0. The molecule has 1 aromatic rings. The fraction of sp³-hybridized carbons (Fsp3) is 0.562. The molecule has 0 aliphatic carbocycles. The Labute approximate surface area is 120 Å². The van der Waals surface area contributed by atoms with E-state index in [4.69, 9.17) is 0 Å². The van der Waals surface area contributed by atoms with E-state index in [2.05, 4.69) is 16.7 Å². The number of halogens is 1. The molecule has 1 fully saturated rings. The molecular formula is C16H23FN2O. The molecule has 1 heterocycles. The zero-order valence-corrected chi connectivity index (χ0v) is 12.5. The summed E-state index contributed by atoms with van der Waals surface area (Å²) in [4.78, 5) is 16.2. The van der Waals surface area contributed by atoms with Crippen LogP contribution in [0.1, 0.15) is 37.0 Å². The van der Waals surface area contributed by atoms with E-state index in [1.54, 1.807) is 6.07 Å². The van der Waals surface area contributed by atoms with E-state index in [1.165, 1.54) is 31.9 Å². The second kappa shape index (κ2) is 6.35. The van der Waals surface area contributed by atoms with Gasteiger partial charge in [0.2, 0.25) is 0 Å². The molecule has 1 aliphatic rings. The largest absolute Gasteiger partial charge is 0.372 e. The normalized spacial score (nSPS) is 19.3. The summed E-state index contributed by atoms with van der Waals surface area (Å²) < 4.78 is 13.3. The quantitative estimate of drug-likeness (QED) is 0.774. The molecule has 2 rings (SSSR count). The van der Waals surface area contributed by atoms with Gasteiger partial charge in [-0.25, -0.2) is 4.39 Å². The van der Waals surface area contributed by atoms with Gasteiger partial charge in [-0.05, 0) is 51.1 Å². The monoisotopic (exact) mass is 278 g/mol. The van der Waals surface area contributed by atoms with Crippen molar-refractivity contribution in [2.24, 2.45) is 0 Å². The number of rotatable bonds is 5. The van der Waals surface area contributed by atoms with E-state index in [0.717, 1.165) is 25.3 Å². The minimum atomic E-state index is -0.358. The lowest BCUT2D eigenvalue weighted by Gasteiger charge is -2.30. The summed E-state index contributed by atoms with van der Waals surface area (Å²) in [6.07, 6.45) is 2.42. The average Bonchev–Trinajstić information content (AvgIpc) is 2.85. The van der Waals surface area contributed by atoms with Crippen molar-refractivity contribution in [3.8, 4) is 0 Å². The van der Waals surface area contributed by atoms with Crippen LogP contribution >= 0.6 is 0 Å². The van der Waals surface area contributed by atoms with Crippen LogP contribution in [0.25, 0.3) is 0 Å². The molecule has 1 aliphatic heterocycles. The zero-order chi connectivity index (χ0) is 14.7. The number of likely N-dealkylation sites (tertiary alicyclic amines) is 1. The molecule has 0 N–H and O–H groups in total. The van der Waals surface area contributed by atoms with E-state index >= 15 is 0 Å². The average molecular weight is 278 g/mol. The first kappa shape index (κ1) is 15.0. The van der Waals surface area contributed by atoms with Crippen LogP contribution in [-0.4, -0.2) is 43.4 Å². The molecule has 0 radical (unpaired) electrons. The fourth-order valence-corrected chi connectivity index (χ4v) is 3.06. The van der Waals surface area contributed by atoms with Gasteiger partial charge < -0.3 is 4.90 Å². The van der Waals surface area contributed by atoms with Crippen molar-refractivity contribution in [3.63, 3.8) is 0 Å². The summed E-state index contributed by atoms with van der Waals surface area (Å²) >= 11 is 0. The smallest absolute Gasteiger partial charge is 0.161 e. The highest BCUT2D eigenvalue weighted by Crippen LogP contribution is 2.24. The SMILES string of the molecule is CCN1CCCC1CN(C)c1ccc(F)cc1C(C)=O. The third-order valence-electron chi connectivity index (χ3n) is 4.14. The Morgan fingerprint density at radius 2 is 2.25 bits per heavy atom. The highest BCUT2D eigenvalue weighted by atomic mass is 19.1. The van der Waals surface area contributed by atoms with Crippen LogP contribution in [-0.2, 0) is 0 Å². The van der Waals surface area contributed by atoms with Gasteiger partial charge >= 0.3 is 0 Å². The maximum absolute atomic E-state index is 13.3. The maximum Gasteiger partial charge on any atom is 0.161 e. The van der Waals surface area contributed by atoms with Gasteiger partial charge in [-0.1, -0.05) is 6.92 Å². The Hall–Kier alpha value is -1.42. The van der Waals surface area contributed by atoms with Gasteiger partial charge in [0, 0.05) is 30.9 Å². The van der Waals surface area contributed by atoms with Crippen molar-refractivity contribution >= 4 is 11.5 Å². The van der Waals surface area contributed by atoms with E-state index in [1.807, 2.05) is 7.05 Å². The van der Waals surface area contributed by atoms with Gasteiger partial charge in [0.1, 0.15) is 5.82 Å². The Morgan fingerprint density at radius 1 is 1.50 bits per heavy atom. The van der Waals surface area contributed by atoms with Crippen molar-refractivity contribution in [3.05, 3.63) is 29.6 Å². The van der Waals surface area contributed by atoms with Gasteiger partial charge in [-0.3, -0.25) is 9.69 Å². The van der Waals surface area contributed by atoms with Crippen LogP contribution in [0.4, 0.5) is 10.1 Å². The molecule has 20 heavy (non-hydrogen) atoms. The van der Waals surface area contributed by atoms with Crippen LogP contribution in [0, 0.1) is 5.82 Å². The lowest BCUT2D eigenvalue weighted by Crippen LogP contribution is -2.39. The number of ketones is 1. The molecule has 1 unspecified atom stereocenters. The summed E-state index contributed by atoms with van der Waals surface area (Å²) in [6, 6.07) is 4.98. The number of likely N-dealkylation sites (N-methyl/N-ethyl adjacent to an activating group) is 2. The minimum Gasteiger partial charge on any atom is -0.372 e.